The number of ketones is 1. The maximum atomic E-state index is 12.9. The largest absolute Gasteiger partial charge is 0.416 e. The van der Waals surface area contributed by atoms with E-state index in [0.717, 1.165) is 31.7 Å². The summed E-state index contributed by atoms with van der Waals surface area (Å²) < 4.78 is 13.5. The van der Waals surface area contributed by atoms with Gasteiger partial charge in [0, 0.05) is 31.3 Å². The van der Waals surface area contributed by atoms with Crippen molar-refractivity contribution in [2.75, 3.05) is 13.2 Å². The summed E-state index contributed by atoms with van der Waals surface area (Å²) in [4.78, 5) is 15.3. The molecular weight excluding hydrogens is 491 g/mol. The summed E-state index contributed by atoms with van der Waals surface area (Å²) in [5.74, 6) is 0.222. The Balaban J connectivity index is 2.20. The van der Waals surface area contributed by atoms with Crippen LogP contribution >= 0.6 is 0 Å². The number of hydrogen-bond donors (Lipinski definition) is 0. The second-order valence-corrected chi connectivity index (χ2v) is 23.7. The quantitative estimate of drug-likeness (QED) is 0.183. The van der Waals surface area contributed by atoms with Crippen LogP contribution in [0.3, 0.4) is 0 Å². The third kappa shape index (κ3) is 8.14. The highest BCUT2D eigenvalue weighted by molar-refractivity contribution is 6.77. The Morgan fingerprint density at radius 2 is 1.51 bits per heavy atom. The van der Waals surface area contributed by atoms with Gasteiger partial charge in [-0.15, -0.1) is 0 Å². The molecule has 0 aromatic heterocycles. The topological polar surface area (TPSA) is 38.8 Å². The fourth-order valence-electron chi connectivity index (χ4n) is 5.80. The highest BCUT2D eigenvalue weighted by atomic mass is 28.4. The van der Waals surface area contributed by atoms with Gasteiger partial charge in [-0.3, -0.25) is 4.79 Å². The van der Waals surface area contributed by atoms with Gasteiger partial charge >= 0.3 is 0 Å². The molecule has 0 radical (unpaired) electrons. The lowest BCUT2D eigenvalue weighted by atomic mass is 9.99. The van der Waals surface area contributed by atoms with Crippen molar-refractivity contribution >= 4 is 22.4 Å². The number of hydrogen-bond acceptors (Lipinski definition) is 4. The number of allylic oxidation sites excluding steroid dienone is 2. The molecule has 0 amide bonds. The summed E-state index contributed by atoms with van der Waals surface area (Å²) >= 11 is 0. The van der Waals surface area contributed by atoms with Crippen LogP contribution in [0.4, 0.5) is 0 Å². The first-order chi connectivity index (χ1) is 17.1. The minimum atomic E-state index is -1.91. The maximum absolute atomic E-state index is 12.9. The first-order valence-corrected chi connectivity index (χ1v) is 19.5. The Kier molecular flexibility index (Phi) is 11.4. The smallest absolute Gasteiger partial charge is 0.200 e. The lowest BCUT2D eigenvalue weighted by molar-refractivity contribution is -0.117. The lowest BCUT2D eigenvalue weighted by Gasteiger charge is -2.43. The summed E-state index contributed by atoms with van der Waals surface area (Å²) in [5, 5.41) is 0.144. The van der Waals surface area contributed by atoms with Crippen LogP contribution in [0.25, 0.3) is 0 Å². The monoisotopic (exact) mass is 545 g/mol. The minimum Gasteiger partial charge on any atom is -0.416 e. The SMILES string of the molecule is CC(C)[Si](OCCCC1=CC(=O)C[C@H](CO[Si](C)(C)C(C)(C)C)N1Cc1ccccc1)(C(C)C)C(C)C. The number of carbonyl (C=O) groups excluding carboxylic acids is 1. The van der Waals surface area contributed by atoms with Gasteiger partial charge in [-0.2, -0.15) is 0 Å². The molecule has 0 unspecified atom stereocenters. The first-order valence-electron chi connectivity index (χ1n) is 14.4. The molecule has 37 heavy (non-hydrogen) atoms. The molecule has 1 aromatic rings. The van der Waals surface area contributed by atoms with E-state index in [1.807, 2.05) is 6.08 Å². The number of benzene rings is 1. The van der Waals surface area contributed by atoms with Gasteiger partial charge in [-0.25, -0.2) is 0 Å². The third-order valence-corrected chi connectivity index (χ3v) is 19.5. The van der Waals surface area contributed by atoms with E-state index in [0.29, 0.717) is 29.7 Å². The Labute approximate surface area is 230 Å². The van der Waals surface area contributed by atoms with Crippen molar-refractivity contribution in [3.63, 3.8) is 0 Å². The fraction of sp³-hybridized carbons (Fsp3) is 0.710. The van der Waals surface area contributed by atoms with Gasteiger partial charge in [0.05, 0.1) is 12.6 Å². The van der Waals surface area contributed by atoms with E-state index >= 15 is 0 Å². The molecule has 2 rings (SSSR count). The standard InChI is InChI=1S/C31H55NO3Si2/c1-24(2)37(25(3)4,26(5)6)34-19-15-18-28-20-30(33)21-29(23-35-36(10,11)31(7,8)9)32(28)22-27-16-13-12-14-17-27/h12-14,16-17,20,24-26,29H,15,18-19,21-23H2,1-11H3/t29-/m1/s1. The Morgan fingerprint density at radius 3 is 2.03 bits per heavy atom. The summed E-state index contributed by atoms with van der Waals surface area (Å²) in [6.45, 7) is 27.6. The molecule has 6 heteroatoms. The second kappa shape index (κ2) is 13.2. The zero-order chi connectivity index (χ0) is 28.0. The van der Waals surface area contributed by atoms with Crippen LogP contribution in [0.15, 0.2) is 42.1 Å². The van der Waals surface area contributed by atoms with E-state index in [2.05, 4.69) is 111 Å². The van der Waals surface area contributed by atoms with Gasteiger partial charge < -0.3 is 13.8 Å². The van der Waals surface area contributed by atoms with Crippen LogP contribution in [0.1, 0.15) is 87.1 Å². The predicted molar refractivity (Wildman–Crippen MR) is 163 cm³/mol. The number of nitrogens with zero attached hydrogens (tertiary/aromatic N) is 1. The van der Waals surface area contributed by atoms with E-state index in [1.165, 1.54) is 5.56 Å². The van der Waals surface area contributed by atoms with Crippen LogP contribution in [0.2, 0.25) is 34.8 Å². The van der Waals surface area contributed by atoms with Crippen LogP contribution in [-0.4, -0.2) is 46.6 Å². The second-order valence-electron chi connectivity index (χ2n) is 13.4. The third-order valence-electron chi connectivity index (χ3n) is 8.85. The van der Waals surface area contributed by atoms with Gasteiger partial charge in [-0.05, 0) is 53.2 Å². The van der Waals surface area contributed by atoms with E-state index < -0.39 is 16.6 Å². The van der Waals surface area contributed by atoms with Crippen molar-refractivity contribution in [3.05, 3.63) is 47.7 Å². The molecule has 1 aliphatic rings. The highest BCUT2D eigenvalue weighted by Crippen LogP contribution is 2.42. The number of carbonyl (C=O) groups is 1. The van der Waals surface area contributed by atoms with Crippen molar-refractivity contribution < 1.29 is 13.6 Å². The van der Waals surface area contributed by atoms with Crippen molar-refractivity contribution in [2.45, 2.75) is 129 Å². The molecule has 1 aromatic carbocycles. The maximum Gasteiger partial charge on any atom is 0.200 e. The van der Waals surface area contributed by atoms with Crippen LogP contribution in [-0.2, 0) is 20.2 Å². The van der Waals surface area contributed by atoms with E-state index in [-0.39, 0.29) is 16.9 Å². The summed E-state index contributed by atoms with van der Waals surface area (Å²) in [7, 11) is -3.80. The van der Waals surface area contributed by atoms with Gasteiger partial charge in [0.2, 0.25) is 0 Å². The molecule has 1 aliphatic heterocycles. The van der Waals surface area contributed by atoms with Crippen molar-refractivity contribution in [3.8, 4) is 0 Å². The molecule has 1 heterocycles. The molecule has 0 N–H and O–H groups in total. The average Bonchev–Trinajstić information content (AvgIpc) is 2.78. The van der Waals surface area contributed by atoms with Crippen LogP contribution in [0, 0.1) is 0 Å². The molecule has 210 valence electrons. The van der Waals surface area contributed by atoms with E-state index in [1.54, 1.807) is 0 Å². The summed E-state index contributed by atoms with van der Waals surface area (Å²) in [6, 6.07) is 10.7. The predicted octanol–water partition coefficient (Wildman–Crippen LogP) is 8.71. The van der Waals surface area contributed by atoms with Crippen molar-refractivity contribution in [1.29, 1.82) is 0 Å². The van der Waals surface area contributed by atoms with Gasteiger partial charge in [0.1, 0.15) is 0 Å². The van der Waals surface area contributed by atoms with Crippen molar-refractivity contribution in [1.82, 2.24) is 4.90 Å². The van der Waals surface area contributed by atoms with E-state index in [4.69, 9.17) is 8.85 Å². The fourth-order valence-corrected chi connectivity index (χ4v) is 12.3. The molecular formula is C31H55NO3Si2. The molecule has 4 nitrogen and oxygen atoms in total. The molecule has 0 bridgehead atoms. The zero-order valence-electron chi connectivity index (χ0n) is 25.7. The van der Waals surface area contributed by atoms with Gasteiger partial charge in [0.15, 0.2) is 22.4 Å². The van der Waals surface area contributed by atoms with Crippen molar-refractivity contribution in [2.24, 2.45) is 0 Å². The lowest BCUT2D eigenvalue weighted by Crippen LogP contribution is -2.48. The van der Waals surface area contributed by atoms with Gasteiger partial charge in [-0.1, -0.05) is 92.6 Å². The zero-order valence-corrected chi connectivity index (χ0v) is 27.7. The molecule has 0 aliphatic carbocycles. The van der Waals surface area contributed by atoms with Crippen LogP contribution in [0.5, 0.6) is 0 Å². The van der Waals surface area contributed by atoms with E-state index in [9.17, 15) is 4.79 Å². The first kappa shape index (κ1) is 32.0. The minimum absolute atomic E-state index is 0.0678. The highest BCUT2D eigenvalue weighted by Gasteiger charge is 2.45. The molecule has 0 spiro atoms. The Morgan fingerprint density at radius 1 is 0.946 bits per heavy atom. The van der Waals surface area contributed by atoms with Crippen LogP contribution < -0.4 is 0 Å². The molecule has 0 saturated heterocycles. The molecule has 0 fully saturated rings. The Bertz CT molecular complexity index is 866. The Hall–Kier alpha value is -1.22. The summed E-state index contributed by atoms with van der Waals surface area (Å²) in [5.41, 5.74) is 4.14. The normalized spacial score (nSPS) is 17.8. The molecule has 0 saturated carbocycles. The van der Waals surface area contributed by atoms with Gasteiger partial charge in [0.25, 0.3) is 0 Å². The average molecular weight is 546 g/mol. The number of rotatable bonds is 13. The summed E-state index contributed by atoms with van der Waals surface area (Å²) in [6.07, 6.45) is 4.20. The molecule has 1 atom stereocenters.